The first-order chi connectivity index (χ1) is 7.58. The van der Waals surface area contributed by atoms with Gasteiger partial charge in [0.2, 0.25) is 0 Å². The van der Waals surface area contributed by atoms with Gasteiger partial charge in [0.05, 0.1) is 0 Å². The molecule has 1 heterocycles. The summed E-state index contributed by atoms with van der Waals surface area (Å²) < 4.78 is 0. The van der Waals surface area contributed by atoms with E-state index in [1.165, 1.54) is 4.90 Å². The first-order valence-corrected chi connectivity index (χ1v) is 5.39. The fourth-order valence-corrected chi connectivity index (χ4v) is 2.04. The molecule has 0 bridgehead atoms. The van der Waals surface area contributed by atoms with Gasteiger partial charge in [-0.05, 0) is 18.2 Å². The second-order valence-electron chi connectivity index (χ2n) is 3.34. The average Bonchev–Trinajstić information content (AvgIpc) is 2.20. The fourth-order valence-electron chi connectivity index (χ4n) is 1.52. The van der Waals surface area contributed by atoms with Crippen molar-refractivity contribution in [1.29, 1.82) is 0 Å². The third-order valence-corrected chi connectivity index (χ3v) is 2.66. The van der Waals surface area contributed by atoms with E-state index in [4.69, 9.17) is 23.2 Å². The van der Waals surface area contributed by atoms with Gasteiger partial charge in [-0.15, -0.1) is 0 Å². The van der Waals surface area contributed by atoms with Gasteiger partial charge >= 0.3 is 11.8 Å². The van der Waals surface area contributed by atoms with E-state index >= 15 is 0 Å². The summed E-state index contributed by atoms with van der Waals surface area (Å²) in [4.78, 5) is 24.1. The van der Waals surface area contributed by atoms with Gasteiger partial charge in [-0.3, -0.25) is 9.59 Å². The number of piperazine rings is 1. The van der Waals surface area contributed by atoms with Gasteiger partial charge in [-0.25, -0.2) is 0 Å². The molecule has 0 aliphatic carbocycles. The summed E-state index contributed by atoms with van der Waals surface area (Å²) >= 11 is 11.7. The van der Waals surface area contributed by atoms with Gasteiger partial charge in [0.25, 0.3) is 0 Å². The van der Waals surface area contributed by atoms with Crippen molar-refractivity contribution in [1.82, 2.24) is 5.32 Å². The van der Waals surface area contributed by atoms with Crippen molar-refractivity contribution >= 4 is 40.7 Å². The van der Waals surface area contributed by atoms with Crippen molar-refractivity contribution < 1.29 is 9.59 Å². The predicted octanol–water partition coefficient (Wildman–Crippen LogP) is 1.46. The molecule has 84 valence electrons. The molecule has 1 saturated heterocycles. The minimum absolute atomic E-state index is 0.418. The normalized spacial score (nSPS) is 16.2. The number of anilines is 1. The molecule has 0 radical (unpaired) electrons. The van der Waals surface area contributed by atoms with E-state index in [9.17, 15) is 9.59 Å². The molecule has 1 N–H and O–H groups in total. The lowest BCUT2D eigenvalue weighted by Gasteiger charge is -2.26. The molecule has 0 spiro atoms. The topological polar surface area (TPSA) is 49.4 Å². The third-order valence-electron chi connectivity index (χ3n) is 2.22. The molecule has 1 aliphatic rings. The van der Waals surface area contributed by atoms with Crippen molar-refractivity contribution in [2.24, 2.45) is 0 Å². The zero-order valence-corrected chi connectivity index (χ0v) is 9.68. The number of halogens is 2. The highest BCUT2D eigenvalue weighted by molar-refractivity contribution is 6.41. The summed E-state index contributed by atoms with van der Waals surface area (Å²) in [7, 11) is 0. The van der Waals surface area contributed by atoms with Crippen molar-refractivity contribution in [3.8, 4) is 0 Å². The monoisotopic (exact) mass is 258 g/mol. The smallest absolute Gasteiger partial charge is 0.316 e. The van der Waals surface area contributed by atoms with Gasteiger partial charge in [0.15, 0.2) is 0 Å². The first-order valence-electron chi connectivity index (χ1n) is 4.64. The Morgan fingerprint density at radius 2 is 1.75 bits per heavy atom. The van der Waals surface area contributed by atoms with Gasteiger partial charge in [0.1, 0.15) is 0 Å². The average molecular weight is 259 g/mol. The molecule has 4 nitrogen and oxygen atoms in total. The van der Waals surface area contributed by atoms with Crippen molar-refractivity contribution in [2.45, 2.75) is 0 Å². The Hall–Kier alpha value is -1.26. The van der Waals surface area contributed by atoms with Crippen LogP contribution in [0, 0.1) is 0 Å². The minimum Gasteiger partial charge on any atom is -0.346 e. The standard InChI is InChI=1S/C10H8Cl2N2O2/c11-6-3-7(12)5-8(4-6)14-2-1-13-9(15)10(14)16/h3-5H,1-2H2,(H,13,15). The Balaban J connectivity index is 2.35. The Bertz CT molecular complexity index is 442. The molecule has 1 aromatic carbocycles. The molecule has 0 atom stereocenters. The molecule has 0 unspecified atom stereocenters. The number of amides is 2. The van der Waals surface area contributed by atoms with Crippen LogP contribution in [0.15, 0.2) is 18.2 Å². The molecule has 6 heteroatoms. The van der Waals surface area contributed by atoms with Crippen LogP contribution >= 0.6 is 23.2 Å². The maximum absolute atomic E-state index is 11.6. The Labute approximate surface area is 102 Å². The Morgan fingerprint density at radius 3 is 2.38 bits per heavy atom. The number of carbonyl (C=O) groups is 2. The molecular formula is C10H8Cl2N2O2. The van der Waals surface area contributed by atoms with Crippen LogP contribution in [-0.4, -0.2) is 24.9 Å². The van der Waals surface area contributed by atoms with Crippen LogP contribution in [0.4, 0.5) is 5.69 Å². The van der Waals surface area contributed by atoms with E-state index in [1.54, 1.807) is 18.2 Å². The summed E-state index contributed by atoms with van der Waals surface area (Å²) in [5.41, 5.74) is 0.539. The van der Waals surface area contributed by atoms with Crippen molar-refractivity contribution in [3.05, 3.63) is 28.2 Å². The Kier molecular flexibility index (Phi) is 3.03. The van der Waals surface area contributed by atoms with Gasteiger partial charge in [0, 0.05) is 28.8 Å². The molecular weight excluding hydrogens is 251 g/mol. The number of benzene rings is 1. The van der Waals surface area contributed by atoms with Crippen LogP contribution in [0.1, 0.15) is 0 Å². The largest absolute Gasteiger partial charge is 0.346 e. The molecule has 1 aromatic rings. The van der Waals surface area contributed by atoms with Crippen molar-refractivity contribution in [2.75, 3.05) is 18.0 Å². The third kappa shape index (κ3) is 2.13. The van der Waals surface area contributed by atoms with Crippen LogP contribution in [0.5, 0.6) is 0 Å². The van der Waals surface area contributed by atoms with Crippen LogP contribution < -0.4 is 10.2 Å². The van der Waals surface area contributed by atoms with Gasteiger partial charge in [-0.2, -0.15) is 0 Å². The van der Waals surface area contributed by atoms with Crippen LogP contribution in [0.25, 0.3) is 0 Å². The summed E-state index contributed by atoms with van der Waals surface area (Å²) in [5, 5.41) is 3.33. The maximum Gasteiger partial charge on any atom is 0.316 e. The lowest BCUT2D eigenvalue weighted by atomic mass is 10.2. The molecule has 16 heavy (non-hydrogen) atoms. The van der Waals surface area contributed by atoms with E-state index in [0.29, 0.717) is 28.8 Å². The molecule has 1 fully saturated rings. The zero-order valence-electron chi connectivity index (χ0n) is 8.17. The van der Waals surface area contributed by atoms with Crippen molar-refractivity contribution in [3.63, 3.8) is 0 Å². The van der Waals surface area contributed by atoms with Crippen LogP contribution in [0.2, 0.25) is 10.0 Å². The highest BCUT2D eigenvalue weighted by Gasteiger charge is 2.27. The molecule has 0 saturated carbocycles. The highest BCUT2D eigenvalue weighted by Crippen LogP contribution is 2.25. The van der Waals surface area contributed by atoms with E-state index in [0.717, 1.165) is 0 Å². The highest BCUT2D eigenvalue weighted by atomic mass is 35.5. The number of carbonyl (C=O) groups excluding carboxylic acids is 2. The minimum atomic E-state index is -0.609. The second kappa shape index (κ2) is 4.31. The van der Waals surface area contributed by atoms with E-state index in [-0.39, 0.29) is 0 Å². The van der Waals surface area contributed by atoms with Crippen LogP contribution in [-0.2, 0) is 9.59 Å². The first kappa shape index (κ1) is 11.2. The molecule has 1 aliphatic heterocycles. The summed E-state index contributed by atoms with van der Waals surface area (Å²) in [6, 6.07) is 4.77. The summed E-state index contributed by atoms with van der Waals surface area (Å²) in [5.74, 6) is -1.20. The molecule has 0 aromatic heterocycles. The van der Waals surface area contributed by atoms with Gasteiger partial charge in [-0.1, -0.05) is 23.2 Å². The SMILES string of the molecule is O=C1NCCN(c2cc(Cl)cc(Cl)c2)C1=O. The molecule has 2 rings (SSSR count). The maximum atomic E-state index is 11.6. The lowest BCUT2D eigenvalue weighted by Crippen LogP contribution is -2.52. The van der Waals surface area contributed by atoms with E-state index < -0.39 is 11.8 Å². The van der Waals surface area contributed by atoms with E-state index in [2.05, 4.69) is 5.32 Å². The second-order valence-corrected chi connectivity index (χ2v) is 4.21. The predicted molar refractivity (Wildman–Crippen MR) is 61.8 cm³/mol. The number of hydrogen-bond acceptors (Lipinski definition) is 2. The quantitative estimate of drug-likeness (QED) is 0.776. The number of hydrogen-bond donors (Lipinski definition) is 1. The van der Waals surface area contributed by atoms with Gasteiger partial charge < -0.3 is 10.2 Å². The number of nitrogens with one attached hydrogen (secondary N) is 1. The lowest BCUT2D eigenvalue weighted by molar-refractivity contribution is -0.138. The number of nitrogens with zero attached hydrogens (tertiary/aromatic N) is 1. The Morgan fingerprint density at radius 1 is 1.12 bits per heavy atom. The number of rotatable bonds is 1. The summed E-state index contributed by atoms with van der Waals surface area (Å²) in [6.07, 6.45) is 0. The fraction of sp³-hybridized carbons (Fsp3) is 0.200. The zero-order chi connectivity index (χ0) is 11.7. The van der Waals surface area contributed by atoms with E-state index in [1.807, 2.05) is 0 Å². The molecule has 2 amide bonds. The van der Waals surface area contributed by atoms with Crippen LogP contribution in [0.3, 0.4) is 0 Å². The summed E-state index contributed by atoms with van der Waals surface area (Å²) in [6.45, 7) is 0.843.